The Morgan fingerprint density at radius 2 is 2.39 bits per heavy atom. The Balaban J connectivity index is 2.21. The molecular formula is C12H15ClFN3O. The Kier molecular flexibility index (Phi) is 4.04. The number of rotatable bonds is 4. The first kappa shape index (κ1) is 13.1. The van der Waals surface area contributed by atoms with Crippen LogP contribution in [0.3, 0.4) is 0 Å². The van der Waals surface area contributed by atoms with Gasteiger partial charge in [-0.25, -0.2) is 4.39 Å². The molecule has 98 valence electrons. The number of hydrogen-bond donors (Lipinski definition) is 1. The van der Waals surface area contributed by atoms with Gasteiger partial charge in [-0.1, -0.05) is 17.7 Å². The number of halogens is 2. The SMILES string of the molecule is COCCN1C(N)=NCC1c1ccc(F)cc1Cl. The number of aliphatic imine (C=N–C) groups is 1. The molecule has 0 radical (unpaired) electrons. The van der Waals surface area contributed by atoms with Crippen LogP contribution in [0.5, 0.6) is 0 Å². The molecule has 0 bridgehead atoms. The maximum atomic E-state index is 13.0. The molecule has 1 aromatic rings. The van der Waals surface area contributed by atoms with Crippen LogP contribution in [0.4, 0.5) is 4.39 Å². The minimum atomic E-state index is -0.348. The summed E-state index contributed by atoms with van der Waals surface area (Å²) < 4.78 is 18.1. The zero-order valence-electron chi connectivity index (χ0n) is 10.1. The average Bonchev–Trinajstić information content (AvgIpc) is 2.68. The fraction of sp³-hybridized carbons (Fsp3) is 0.417. The second-order valence-electron chi connectivity index (χ2n) is 4.07. The largest absolute Gasteiger partial charge is 0.383 e. The van der Waals surface area contributed by atoms with Gasteiger partial charge in [0, 0.05) is 18.7 Å². The number of methoxy groups -OCH3 is 1. The normalized spacial score (nSPS) is 19.2. The summed E-state index contributed by atoms with van der Waals surface area (Å²) in [5.74, 6) is 0.122. The lowest BCUT2D eigenvalue weighted by molar-refractivity contribution is 0.166. The van der Waals surface area contributed by atoms with Crippen LogP contribution < -0.4 is 5.73 Å². The standard InChI is InChI=1S/C12H15ClFN3O/c1-18-5-4-17-11(7-16-12(17)15)9-3-2-8(14)6-10(9)13/h2-3,6,11H,4-5,7H2,1H3,(H2,15,16). The molecule has 6 heteroatoms. The molecule has 1 heterocycles. The van der Waals surface area contributed by atoms with Crippen LogP contribution in [-0.2, 0) is 4.74 Å². The van der Waals surface area contributed by atoms with E-state index in [-0.39, 0.29) is 11.9 Å². The van der Waals surface area contributed by atoms with Gasteiger partial charge >= 0.3 is 0 Å². The van der Waals surface area contributed by atoms with Gasteiger partial charge in [0.05, 0.1) is 19.2 Å². The molecule has 0 spiro atoms. The van der Waals surface area contributed by atoms with Gasteiger partial charge in [-0.2, -0.15) is 0 Å². The van der Waals surface area contributed by atoms with Gasteiger partial charge in [0.2, 0.25) is 0 Å². The number of ether oxygens (including phenoxy) is 1. The van der Waals surface area contributed by atoms with E-state index in [1.165, 1.54) is 12.1 Å². The van der Waals surface area contributed by atoms with Crippen molar-refractivity contribution in [1.82, 2.24) is 4.90 Å². The predicted octanol–water partition coefficient (Wildman–Crippen LogP) is 1.80. The van der Waals surface area contributed by atoms with Crippen molar-refractivity contribution in [3.05, 3.63) is 34.6 Å². The minimum absolute atomic E-state index is 0.0479. The maximum absolute atomic E-state index is 13.0. The molecule has 2 rings (SSSR count). The Labute approximate surface area is 110 Å². The Bertz CT molecular complexity index is 467. The van der Waals surface area contributed by atoms with E-state index in [9.17, 15) is 4.39 Å². The molecule has 1 unspecified atom stereocenters. The van der Waals surface area contributed by atoms with Gasteiger partial charge in [-0.3, -0.25) is 4.99 Å². The summed E-state index contributed by atoms with van der Waals surface area (Å²) in [7, 11) is 1.63. The highest BCUT2D eigenvalue weighted by atomic mass is 35.5. The molecule has 0 aliphatic carbocycles. The van der Waals surface area contributed by atoms with E-state index in [2.05, 4.69) is 4.99 Å². The molecule has 0 saturated carbocycles. The van der Waals surface area contributed by atoms with Gasteiger partial charge in [0.15, 0.2) is 5.96 Å². The predicted molar refractivity (Wildman–Crippen MR) is 69.2 cm³/mol. The van der Waals surface area contributed by atoms with Crippen LogP contribution in [-0.4, -0.2) is 37.7 Å². The highest BCUT2D eigenvalue weighted by molar-refractivity contribution is 6.31. The van der Waals surface area contributed by atoms with Crippen LogP contribution >= 0.6 is 11.6 Å². The summed E-state index contributed by atoms with van der Waals surface area (Å²) in [4.78, 5) is 6.12. The molecule has 1 aliphatic heterocycles. The lowest BCUT2D eigenvalue weighted by Crippen LogP contribution is -2.38. The van der Waals surface area contributed by atoms with Crippen molar-refractivity contribution in [1.29, 1.82) is 0 Å². The van der Waals surface area contributed by atoms with Gasteiger partial charge in [-0.15, -0.1) is 0 Å². The van der Waals surface area contributed by atoms with Crippen molar-refractivity contribution >= 4 is 17.6 Å². The topological polar surface area (TPSA) is 50.9 Å². The molecule has 2 N–H and O–H groups in total. The molecule has 0 amide bonds. The van der Waals surface area contributed by atoms with Crippen molar-refractivity contribution in [3.63, 3.8) is 0 Å². The van der Waals surface area contributed by atoms with Gasteiger partial charge in [0.25, 0.3) is 0 Å². The number of nitrogens with zero attached hydrogens (tertiary/aromatic N) is 2. The first-order chi connectivity index (χ1) is 8.63. The summed E-state index contributed by atoms with van der Waals surface area (Å²) in [5, 5.41) is 0.396. The van der Waals surface area contributed by atoms with E-state index in [0.29, 0.717) is 30.7 Å². The molecular weight excluding hydrogens is 257 g/mol. The smallest absolute Gasteiger partial charge is 0.192 e. The highest BCUT2D eigenvalue weighted by Gasteiger charge is 2.28. The Morgan fingerprint density at radius 3 is 3.06 bits per heavy atom. The van der Waals surface area contributed by atoms with Gasteiger partial charge < -0.3 is 15.4 Å². The van der Waals surface area contributed by atoms with Crippen LogP contribution in [0.2, 0.25) is 5.02 Å². The van der Waals surface area contributed by atoms with E-state index < -0.39 is 0 Å². The van der Waals surface area contributed by atoms with Crippen LogP contribution in [0, 0.1) is 5.82 Å². The fourth-order valence-corrected chi connectivity index (χ4v) is 2.32. The summed E-state index contributed by atoms with van der Waals surface area (Å²) in [6.45, 7) is 1.70. The number of benzene rings is 1. The molecule has 1 aliphatic rings. The van der Waals surface area contributed by atoms with Crippen molar-refractivity contribution in [3.8, 4) is 0 Å². The van der Waals surface area contributed by atoms with E-state index >= 15 is 0 Å². The zero-order chi connectivity index (χ0) is 13.1. The first-order valence-corrected chi connectivity index (χ1v) is 6.01. The maximum Gasteiger partial charge on any atom is 0.192 e. The lowest BCUT2D eigenvalue weighted by Gasteiger charge is -2.26. The van der Waals surface area contributed by atoms with Gasteiger partial charge in [0.1, 0.15) is 5.82 Å². The minimum Gasteiger partial charge on any atom is -0.383 e. The van der Waals surface area contributed by atoms with Crippen LogP contribution in [0.25, 0.3) is 0 Å². The van der Waals surface area contributed by atoms with E-state index in [0.717, 1.165) is 5.56 Å². The van der Waals surface area contributed by atoms with E-state index in [4.69, 9.17) is 22.1 Å². The van der Waals surface area contributed by atoms with Crippen molar-refractivity contribution in [2.24, 2.45) is 10.7 Å². The van der Waals surface area contributed by atoms with Crippen LogP contribution in [0.1, 0.15) is 11.6 Å². The summed E-state index contributed by atoms with van der Waals surface area (Å²) >= 11 is 6.07. The fourth-order valence-electron chi connectivity index (χ4n) is 2.03. The highest BCUT2D eigenvalue weighted by Crippen LogP contribution is 2.31. The van der Waals surface area contributed by atoms with Crippen molar-refractivity contribution in [2.45, 2.75) is 6.04 Å². The summed E-state index contributed by atoms with van der Waals surface area (Å²) in [6, 6.07) is 4.33. The molecule has 0 fully saturated rings. The third kappa shape index (κ3) is 2.57. The second kappa shape index (κ2) is 5.54. The zero-order valence-corrected chi connectivity index (χ0v) is 10.8. The van der Waals surface area contributed by atoms with Crippen molar-refractivity contribution < 1.29 is 9.13 Å². The third-order valence-corrected chi connectivity index (χ3v) is 3.28. The van der Waals surface area contributed by atoms with Crippen molar-refractivity contribution in [2.75, 3.05) is 26.8 Å². The summed E-state index contributed by atoms with van der Waals surface area (Å²) in [6.07, 6.45) is 0. The first-order valence-electron chi connectivity index (χ1n) is 5.64. The molecule has 0 saturated heterocycles. The second-order valence-corrected chi connectivity index (χ2v) is 4.47. The van der Waals surface area contributed by atoms with E-state index in [1.54, 1.807) is 13.2 Å². The quantitative estimate of drug-likeness (QED) is 0.908. The van der Waals surface area contributed by atoms with Crippen LogP contribution in [0.15, 0.2) is 23.2 Å². The number of guanidine groups is 1. The molecule has 0 aromatic heterocycles. The monoisotopic (exact) mass is 271 g/mol. The van der Waals surface area contributed by atoms with E-state index in [1.807, 2.05) is 4.90 Å². The average molecular weight is 272 g/mol. The number of hydrogen-bond acceptors (Lipinski definition) is 4. The number of nitrogens with two attached hydrogens (primary N) is 1. The molecule has 1 aromatic carbocycles. The third-order valence-electron chi connectivity index (χ3n) is 2.95. The molecule has 18 heavy (non-hydrogen) atoms. The van der Waals surface area contributed by atoms with Gasteiger partial charge in [-0.05, 0) is 17.7 Å². The Morgan fingerprint density at radius 1 is 1.61 bits per heavy atom. The molecule has 1 atom stereocenters. The summed E-state index contributed by atoms with van der Waals surface area (Å²) in [5.41, 5.74) is 6.66. The molecule has 4 nitrogen and oxygen atoms in total. The lowest BCUT2D eigenvalue weighted by atomic mass is 10.1. The Hall–Kier alpha value is -1.33.